The Hall–Kier alpha value is -0.930. The van der Waals surface area contributed by atoms with E-state index in [1.807, 2.05) is 6.07 Å². The zero-order chi connectivity index (χ0) is 14.1. The molecule has 0 bridgehead atoms. The molecule has 1 aromatic carbocycles. The SMILES string of the molecule is CCCNC(COCc1ccccc1F)C(C)CC. The van der Waals surface area contributed by atoms with Crippen LogP contribution < -0.4 is 5.32 Å². The van der Waals surface area contributed by atoms with Crippen molar-refractivity contribution in [2.24, 2.45) is 5.92 Å². The maximum absolute atomic E-state index is 13.4. The number of nitrogens with one attached hydrogen (secondary N) is 1. The third-order valence-electron chi connectivity index (χ3n) is 3.50. The Balaban J connectivity index is 2.41. The summed E-state index contributed by atoms with van der Waals surface area (Å²) in [6.45, 7) is 8.53. The van der Waals surface area contributed by atoms with Crippen molar-refractivity contribution >= 4 is 0 Å². The zero-order valence-corrected chi connectivity index (χ0v) is 12.3. The molecule has 3 heteroatoms. The Kier molecular flexibility index (Phi) is 7.68. The van der Waals surface area contributed by atoms with Crippen LogP contribution in [0.1, 0.15) is 39.2 Å². The van der Waals surface area contributed by atoms with Crippen LogP contribution in [0.3, 0.4) is 0 Å². The largest absolute Gasteiger partial charge is 0.375 e. The number of hydrogen-bond acceptors (Lipinski definition) is 2. The standard InChI is InChI=1S/C16H26FNO/c1-4-10-18-16(13(3)5-2)12-19-11-14-8-6-7-9-15(14)17/h6-9,13,16,18H,4-5,10-12H2,1-3H3. The number of halogens is 1. The molecule has 2 atom stereocenters. The summed E-state index contributed by atoms with van der Waals surface area (Å²) in [6, 6.07) is 7.12. The molecular weight excluding hydrogens is 241 g/mol. The van der Waals surface area contributed by atoms with Gasteiger partial charge < -0.3 is 10.1 Å². The average Bonchev–Trinajstić information content (AvgIpc) is 2.43. The molecular formula is C16H26FNO. The Morgan fingerprint density at radius 3 is 2.63 bits per heavy atom. The first kappa shape index (κ1) is 16.1. The second kappa shape index (κ2) is 9.05. The van der Waals surface area contributed by atoms with E-state index in [1.54, 1.807) is 12.1 Å². The number of rotatable bonds is 9. The molecule has 0 heterocycles. The molecule has 0 aliphatic heterocycles. The Morgan fingerprint density at radius 2 is 2.00 bits per heavy atom. The van der Waals surface area contributed by atoms with Crippen LogP contribution in [0.15, 0.2) is 24.3 Å². The summed E-state index contributed by atoms with van der Waals surface area (Å²) in [4.78, 5) is 0. The van der Waals surface area contributed by atoms with Gasteiger partial charge in [-0.2, -0.15) is 0 Å². The lowest BCUT2D eigenvalue weighted by Crippen LogP contribution is -2.39. The lowest BCUT2D eigenvalue weighted by molar-refractivity contribution is 0.0815. The van der Waals surface area contributed by atoms with Crippen molar-refractivity contribution in [3.8, 4) is 0 Å². The fourth-order valence-corrected chi connectivity index (χ4v) is 1.95. The second-order valence-corrected chi connectivity index (χ2v) is 5.05. The van der Waals surface area contributed by atoms with Crippen molar-refractivity contribution in [1.29, 1.82) is 0 Å². The van der Waals surface area contributed by atoms with E-state index in [9.17, 15) is 4.39 Å². The van der Waals surface area contributed by atoms with Crippen LogP contribution in [0.25, 0.3) is 0 Å². The van der Waals surface area contributed by atoms with Crippen LogP contribution >= 0.6 is 0 Å². The van der Waals surface area contributed by atoms with E-state index in [1.165, 1.54) is 6.07 Å². The Morgan fingerprint density at radius 1 is 1.26 bits per heavy atom. The maximum Gasteiger partial charge on any atom is 0.128 e. The highest BCUT2D eigenvalue weighted by molar-refractivity contribution is 5.16. The molecule has 0 aliphatic carbocycles. The van der Waals surface area contributed by atoms with Gasteiger partial charge in [0.15, 0.2) is 0 Å². The van der Waals surface area contributed by atoms with E-state index in [-0.39, 0.29) is 5.82 Å². The van der Waals surface area contributed by atoms with Crippen molar-refractivity contribution in [2.75, 3.05) is 13.2 Å². The number of ether oxygens (including phenoxy) is 1. The van der Waals surface area contributed by atoms with Crippen LogP contribution in [0.4, 0.5) is 4.39 Å². The Bertz CT molecular complexity index is 356. The maximum atomic E-state index is 13.4. The molecule has 1 rings (SSSR count). The summed E-state index contributed by atoms with van der Waals surface area (Å²) < 4.78 is 19.1. The molecule has 2 unspecified atom stereocenters. The molecule has 108 valence electrons. The average molecular weight is 267 g/mol. The summed E-state index contributed by atoms with van der Waals surface area (Å²) in [5.74, 6) is 0.372. The van der Waals surface area contributed by atoms with Gasteiger partial charge in [0, 0.05) is 11.6 Å². The summed E-state index contributed by atoms with van der Waals surface area (Å²) >= 11 is 0. The second-order valence-electron chi connectivity index (χ2n) is 5.05. The molecule has 0 saturated carbocycles. The van der Waals surface area contributed by atoms with E-state index in [0.29, 0.717) is 30.7 Å². The molecule has 0 amide bonds. The van der Waals surface area contributed by atoms with Crippen LogP contribution in [0, 0.1) is 11.7 Å². The monoisotopic (exact) mass is 267 g/mol. The minimum absolute atomic E-state index is 0.191. The molecule has 0 saturated heterocycles. The molecule has 1 N–H and O–H groups in total. The van der Waals surface area contributed by atoms with Gasteiger partial charge >= 0.3 is 0 Å². The predicted molar refractivity (Wildman–Crippen MR) is 77.6 cm³/mol. The molecule has 2 nitrogen and oxygen atoms in total. The van der Waals surface area contributed by atoms with Crippen LogP contribution in [0.5, 0.6) is 0 Å². The van der Waals surface area contributed by atoms with Crippen LogP contribution in [-0.4, -0.2) is 19.2 Å². The van der Waals surface area contributed by atoms with Crippen molar-refractivity contribution in [3.05, 3.63) is 35.6 Å². The normalized spacial score (nSPS) is 14.3. The number of benzene rings is 1. The smallest absolute Gasteiger partial charge is 0.128 e. The van der Waals surface area contributed by atoms with Gasteiger partial charge in [-0.3, -0.25) is 0 Å². The lowest BCUT2D eigenvalue weighted by Gasteiger charge is -2.24. The molecule has 0 spiro atoms. The third-order valence-corrected chi connectivity index (χ3v) is 3.50. The third kappa shape index (κ3) is 5.70. The van der Waals surface area contributed by atoms with E-state index in [4.69, 9.17) is 4.74 Å². The summed E-state index contributed by atoms with van der Waals surface area (Å²) in [7, 11) is 0. The number of hydrogen-bond donors (Lipinski definition) is 1. The fraction of sp³-hybridized carbons (Fsp3) is 0.625. The van der Waals surface area contributed by atoms with Crippen molar-refractivity contribution < 1.29 is 9.13 Å². The predicted octanol–water partition coefficient (Wildman–Crippen LogP) is 3.76. The first-order chi connectivity index (χ1) is 9.19. The van der Waals surface area contributed by atoms with E-state index >= 15 is 0 Å². The van der Waals surface area contributed by atoms with Crippen LogP contribution in [-0.2, 0) is 11.3 Å². The first-order valence-electron chi connectivity index (χ1n) is 7.23. The van der Waals surface area contributed by atoms with Crippen LogP contribution in [0.2, 0.25) is 0 Å². The van der Waals surface area contributed by atoms with E-state index in [2.05, 4.69) is 26.1 Å². The van der Waals surface area contributed by atoms with Gasteiger partial charge in [-0.15, -0.1) is 0 Å². The minimum atomic E-state index is -0.191. The van der Waals surface area contributed by atoms with Gasteiger partial charge in [0.1, 0.15) is 5.82 Å². The first-order valence-corrected chi connectivity index (χ1v) is 7.23. The topological polar surface area (TPSA) is 21.3 Å². The van der Waals surface area contributed by atoms with Gasteiger partial charge in [-0.05, 0) is 24.9 Å². The van der Waals surface area contributed by atoms with E-state index < -0.39 is 0 Å². The fourth-order valence-electron chi connectivity index (χ4n) is 1.95. The minimum Gasteiger partial charge on any atom is -0.375 e. The molecule has 0 aliphatic rings. The summed E-state index contributed by atoms with van der Waals surface area (Å²) in [5.41, 5.74) is 0.626. The summed E-state index contributed by atoms with van der Waals surface area (Å²) in [5, 5.41) is 3.50. The lowest BCUT2D eigenvalue weighted by atomic mass is 10.00. The van der Waals surface area contributed by atoms with Crippen molar-refractivity contribution in [3.63, 3.8) is 0 Å². The van der Waals surface area contributed by atoms with E-state index in [0.717, 1.165) is 19.4 Å². The zero-order valence-electron chi connectivity index (χ0n) is 12.3. The van der Waals surface area contributed by atoms with Gasteiger partial charge in [0.05, 0.1) is 13.2 Å². The molecule has 1 aromatic rings. The quantitative estimate of drug-likeness (QED) is 0.735. The Labute approximate surface area is 116 Å². The highest BCUT2D eigenvalue weighted by Crippen LogP contribution is 2.11. The van der Waals surface area contributed by atoms with Gasteiger partial charge in [-0.25, -0.2) is 4.39 Å². The molecule has 0 aromatic heterocycles. The summed E-state index contributed by atoms with van der Waals surface area (Å²) in [6.07, 6.45) is 2.23. The molecule has 19 heavy (non-hydrogen) atoms. The highest BCUT2D eigenvalue weighted by atomic mass is 19.1. The van der Waals surface area contributed by atoms with Gasteiger partial charge in [-0.1, -0.05) is 45.4 Å². The molecule has 0 fully saturated rings. The highest BCUT2D eigenvalue weighted by Gasteiger charge is 2.15. The van der Waals surface area contributed by atoms with Gasteiger partial charge in [0.2, 0.25) is 0 Å². The van der Waals surface area contributed by atoms with Gasteiger partial charge in [0.25, 0.3) is 0 Å². The van der Waals surface area contributed by atoms with Crippen molar-refractivity contribution in [2.45, 2.75) is 46.3 Å². The van der Waals surface area contributed by atoms with Crippen molar-refractivity contribution in [1.82, 2.24) is 5.32 Å². The molecule has 0 radical (unpaired) electrons.